The minimum Gasteiger partial charge on any atom is -0.465 e. The van der Waals surface area contributed by atoms with E-state index >= 15 is 0 Å². The minimum absolute atomic E-state index is 0.288. The molecule has 0 radical (unpaired) electrons. The lowest BCUT2D eigenvalue weighted by Gasteiger charge is -2.13. The first kappa shape index (κ1) is 14.9. The molecular formula is C10H20N2O4. The highest BCUT2D eigenvalue weighted by atomic mass is 16.5. The molecule has 0 saturated carbocycles. The number of nitrogens with two attached hydrogens (primary N) is 2. The summed E-state index contributed by atoms with van der Waals surface area (Å²) < 4.78 is 9.45. The van der Waals surface area contributed by atoms with Crippen molar-refractivity contribution in [1.82, 2.24) is 0 Å². The van der Waals surface area contributed by atoms with Crippen LogP contribution in [-0.2, 0) is 19.1 Å². The molecule has 94 valence electrons. The van der Waals surface area contributed by atoms with Crippen molar-refractivity contribution in [2.45, 2.75) is 38.8 Å². The Morgan fingerprint density at radius 2 is 1.25 bits per heavy atom. The topological polar surface area (TPSA) is 105 Å². The highest BCUT2D eigenvalue weighted by Gasteiger charge is 2.19. The number of carbonyl (C=O) groups is 2. The van der Waals surface area contributed by atoms with Gasteiger partial charge in [0.2, 0.25) is 0 Å². The van der Waals surface area contributed by atoms with Crippen LogP contribution in [0.25, 0.3) is 0 Å². The van der Waals surface area contributed by atoms with Gasteiger partial charge in [0, 0.05) is 0 Å². The molecule has 0 aliphatic rings. The average Bonchev–Trinajstić information content (AvgIpc) is 2.25. The molecule has 6 nitrogen and oxygen atoms in total. The van der Waals surface area contributed by atoms with E-state index in [-0.39, 0.29) is 13.2 Å². The molecule has 0 aromatic rings. The Balaban J connectivity index is 3.86. The molecular weight excluding hydrogens is 212 g/mol. The third-order valence-electron chi connectivity index (χ3n) is 1.97. The molecule has 0 bridgehead atoms. The molecule has 0 saturated heterocycles. The summed E-state index contributed by atoms with van der Waals surface area (Å²) in [6.07, 6.45) is 0.609. The quantitative estimate of drug-likeness (QED) is 0.576. The van der Waals surface area contributed by atoms with Crippen molar-refractivity contribution >= 4 is 11.9 Å². The summed E-state index contributed by atoms with van der Waals surface area (Å²) in [5.41, 5.74) is 11.1. The normalized spacial score (nSPS) is 14.0. The van der Waals surface area contributed by atoms with Crippen LogP contribution in [0, 0.1) is 0 Å². The molecule has 0 spiro atoms. The molecule has 4 N–H and O–H groups in total. The van der Waals surface area contributed by atoms with Crippen molar-refractivity contribution in [3.05, 3.63) is 0 Å². The first-order valence-corrected chi connectivity index (χ1v) is 5.37. The molecule has 0 rings (SSSR count). The lowest BCUT2D eigenvalue weighted by molar-refractivity contribution is -0.147. The van der Waals surface area contributed by atoms with Crippen LogP contribution in [0.1, 0.15) is 26.7 Å². The number of hydrogen-bond acceptors (Lipinski definition) is 6. The molecule has 2 atom stereocenters. The zero-order valence-electron chi connectivity index (χ0n) is 9.77. The summed E-state index contributed by atoms with van der Waals surface area (Å²) >= 11 is 0. The molecule has 0 aliphatic carbocycles. The lowest BCUT2D eigenvalue weighted by atomic mass is 10.1. The number of esters is 2. The number of rotatable bonds is 7. The van der Waals surface area contributed by atoms with E-state index in [1.807, 2.05) is 0 Å². The van der Waals surface area contributed by atoms with Crippen molar-refractivity contribution < 1.29 is 19.1 Å². The predicted molar refractivity (Wildman–Crippen MR) is 58.5 cm³/mol. The van der Waals surface area contributed by atoms with Crippen LogP contribution in [0.15, 0.2) is 0 Å². The number of ether oxygens (including phenoxy) is 2. The molecule has 0 aromatic carbocycles. The van der Waals surface area contributed by atoms with E-state index < -0.39 is 24.0 Å². The first-order chi connectivity index (χ1) is 7.52. The second-order valence-electron chi connectivity index (χ2n) is 3.29. The van der Waals surface area contributed by atoms with E-state index in [0.717, 1.165) is 0 Å². The van der Waals surface area contributed by atoms with Crippen LogP contribution in [0.3, 0.4) is 0 Å². The fourth-order valence-electron chi connectivity index (χ4n) is 1.09. The molecule has 0 aliphatic heterocycles. The number of hydrogen-bond donors (Lipinski definition) is 2. The summed E-state index contributed by atoms with van der Waals surface area (Å²) in [5.74, 6) is -0.947. The highest BCUT2D eigenvalue weighted by Crippen LogP contribution is 2.02. The zero-order chi connectivity index (χ0) is 12.6. The minimum atomic E-state index is -0.736. The fourth-order valence-corrected chi connectivity index (χ4v) is 1.09. The van der Waals surface area contributed by atoms with Crippen LogP contribution in [0.2, 0.25) is 0 Å². The van der Waals surface area contributed by atoms with Gasteiger partial charge in [0.25, 0.3) is 0 Å². The summed E-state index contributed by atoms with van der Waals surface area (Å²) in [5, 5.41) is 0. The average molecular weight is 232 g/mol. The summed E-state index contributed by atoms with van der Waals surface area (Å²) in [4.78, 5) is 22.3. The Bertz CT molecular complexity index is 209. The smallest absolute Gasteiger partial charge is 0.322 e. The summed E-state index contributed by atoms with van der Waals surface area (Å²) in [6.45, 7) is 3.98. The van der Waals surface area contributed by atoms with E-state index in [0.29, 0.717) is 12.8 Å². The standard InChI is InChI=1S/C10H20N2O4/c1-3-15-9(13)7(11)5-6-8(12)10(14)16-4-2/h7-8H,3-6,11-12H2,1-2H3/t7-,8+. The van der Waals surface area contributed by atoms with E-state index in [9.17, 15) is 9.59 Å². The van der Waals surface area contributed by atoms with Crippen molar-refractivity contribution in [2.24, 2.45) is 11.5 Å². The van der Waals surface area contributed by atoms with E-state index in [1.165, 1.54) is 0 Å². The van der Waals surface area contributed by atoms with Crippen LogP contribution < -0.4 is 11.5 Å². The maximum Gasteiger partial charge on any atom is 0.322 e. The molecule has 0 heterocycles. The Kier molecular flexibility index (Phi) is 7.49. The van der Waals surface area contributed by atoms with Crippen molar-refractivity contribution in [1.29, 1.82) is 0 Å². The predicted octanol–water partition coefficient (Wildman–Crippen LogP) is -0.453. The van der Waals surface area contributed by atoms with E-state index in [2.05, 4.69) is 0 Å². The van der Waals surface area contributed by atoms with Crippen molar-refractivity contribution in [2.75, 3.05) is 13.2 Å². The van der Waals surface area contributed by atoms with Gasteiger partial charge >= 0.3 is 11.9 Å². The molecule has 0 unspecified atom stereocenters. The Morgan fingerprint density at radius 1 is 0.938 bits per heavy atom. The van der Waals surface area contributed by atoms with Gasteiger partial charge in [0.15, 0.2) is 0 Å². The number of carbonyl (C=O) groups excluding carboxylic acids is 2. The van der Waals surface area contributed by atoms with Gasteiger partial charge in [-0.2, -0.15) is 0 Å². The van der Waals surface area contributed by atoms with Crippen LogP contribution in [0.5, 0.6) is 0 Å². The van der Waals surface area contributed by atoms with Gasteiger partial charge < -0.3 is 20.9 Å². The SMILES string of the molecule is CCOC(=O)[C@H](N)CC[C@H](N)C(=O)OCC. The van der Waals surface area contributed by atoms with Crippen LogP contribution in [-0.4, -0.2) is 37.2 Å². The van der Waals surface area contributed by atoms with Gasteiger partial charge in [-0.15, -0.1) is 0 Å². The fraction of sp³-hybridized carbons (Fsp3) is 0.800. The lowest BCUT2D eigenvalue weighted by Crippen LogP contribution is -2.37. The van der Waals surface area contributed by atoms with Gasteiger partial charge in [-0.05, 0) is 26.7 Å². The largest absolute Gasteiger partial charge is 0.465 e. The molecule has 0 amide bonds. The van der Waals surface area contributed by atoms with Crippen LogP contribution in [0.4, 0.5) is 0 Å². The monoisotopic (exact) mass is 232 g/mol. The van der Waals surface area contributed by atoms with Crippen molar-refractivity contribution in [3.63, 3.8) is 0 Å². The van der Waals surface area contributed by atoms with Gasteiger partial charge in [0.05, 0.1) is 13.2 Å². The third kappa shape index (κ3) is 5.67. The van der Waals surface area contributed by atoms with E-state index in [1.54, 1.807) is 13.8 Å². The molecule has 6 heteroatoms. The zero-order valence-corrected chi connectivity index (χ0v) is 9.77. The van der Waals surface area contributed by atoms with Gasteiger partial charge in [-0.3, -0.25) is 9.59 Å². The Labute approximate surface area is 95.3 Å². The second-order valence-corrected chi connectivity index (χ2v) is 3.29. The Hall–Kier alpha value is -1.14. The van der Waals surface area contributed by atoms with Gasteiger partial charge in [-0.1, -0.05) is 0 Å². The maximum absolute atomic E-state index is 11.1. The Morgan fingerprint density at radius 3 is 1.50 bits per heavy atom. The highest BCUT2D eigenvalue weighted by molar-refractivity contribution is 5.77. The van der Waals surface area contributed by atoms with Gasteiger partial charge in [-0.25, -0.2) is 0 Å². The molecule has 0 aromatic heterocycles. The van der Waals surface area contributed by atoms with Gasteiger partial charge in [0.1, 0.15) is 12.1 Å². The summed E-state index contributed by atoms with van der Waals surface area (Å²) in [7, 11) is 0. The van der Waals surface area contributed by atoms with E-state index in [4.69, 9.17) is 20.9 Å². The van der Waals surface area contributed by atoms with Crippen molar-refractivity contribution in [3.8, 4) is 0 Å². The maximum atomic E-state index is 11.1. The second kappa shape index (κ2) is 8.06. The third-order valence-corrected chi connectivity index (χ3v) is 1.97. The first-order valence-electron chi connectivity index (χ1n) is 5.37. The molecule has 0 fully saturated rings. The van der Waals surface area contributed by atoms with Crippen LogP contribution >= 0.6 is 0 Å². The molecule has 16 heavy (non-hydrogen) atoms. The summed E-state index contributed by atoms with van der Waals surface area (Å²) in [6, 6.07) is -1.47.